The fraction of sp³-hybridized carbons (Fsp3) is 0.474. The van der Waals surface area contributed by atoms with Crippen LogP contribution in [0.1, 0.15) is 54.8 Å². The number of nitrogens with zero attached hydrogens (tertiary/aromatic N) is 4. The van der Waals surface area contributed by atoms with Gasteiger partial charge in [-0.3, -0.25) is 9.69 Å². The Balaban J connectivity index is 1.65. The highest BCUT2D eigenvalue weighted by atomic mass is 32.1. The average Bonchev–Trinajstić information content (AvgIpc) is 3.32. The number of amides is 1. The Kier molecular flexibility index (Phi) is 6.74. The highest BCUT2D eigenvalue weighted by Crippen LogP contribution is 2.31. The quantitative estimate of drug-likeness (QED) is 0.535. The van der Waals surface area contributed by atoms with Crippen LogP contribution in [0, 0.1) is 11.3 Å². The summed E-state index contributed by atoms with van der Waals surface area (Å²) in [6, 6.07) is 8.26. The Morgan fingerprint density at radius 2 is 2.33 bits per heavy atom. The predicted molar refractivity (Wildman–Crippen MR) is 106 cm³/mol. The van der Waals surface area contributed by atoms with Crippen molar-refractivity contribution >= 4 is 28.2 Å². The minimum absolute atomic E-state index is 0.146. The van der Waals surface area contributed by atoms with Gasteiger partial charge in [-0.05, 0) is 37.9 Å². The lowest BCUT2D eigenvalue weighted by Gasteiger charge is -2.21. The Morgan fingerprint density at radius 1 is 1.44 bits per heavy atom. The molecule has 27 heavy (non-hydrogen) atoms. The summed E-state index contributed by atoms with van der Waals surface area (Å²) >= 11 is 1.38. The molecule has 1 saturated heterocycles. The SMILES string of the molecule is CCCCNC(=O)c1csc(Nc2cccc([C@@H]3CCCN3CC#N)n2)n1. The zero-order valence-electron chi connectivity index (χ0n) is 15.4. The second-order valence-corrected chi connectivity index (χ2v) is 7.36. The molecule has 0 spiro atoms. The normalized spacial score (nSPS) is 16.8. The van der Waals surface area contributed by atoms with Crippen molar-refractivity contribution in [2.24, 2.45) is 0 Å². The lowest BCUT2D eigenvalue weighted by atomic mass is 10.1. The zero-order valence-corrected chi connectivity index (χ0v) is 16.3. The standard InChI is InChI=1S/C19H24N6OS/c1-2-3-10-21-18(26)15-13-27-19(23-15)24-17-8-4-6-14(22-17)16-7-5-11-25(16)12-9-20/h4,6,8,13,16H,2-3,5,7,10-12H2,1H3,(H,21,26)(H,22,23,24)/t16-/m0/s1. The molecule has 2 aromatic heterocycles. The van der Waals surface area contributed by atoms with Crippen LogP contribution in [0.3, 0.4) is 0 Å². The van der Waals surface area contributed by atoms with E-state index in [2.05, 4.69) is 33.5 Å². The summed E-state index contributed by atoms with van der Waals surface area (Å²) in [5.41, 5.74) is 1.38. The number of nitrogens with one attached hydrogen (secondary N) is 2. The molecule has 2 aromatic rings. The number of carbonyl (C=O) groups is 1. The minimum atomic E-state index is -0.146. The molecule has 142 valence electrons. The third-order valence-corrected chi connectivity index (χ3v) is 5.29. The van der Waals surface area contributed by atoms with Gasteiger partial charge in [0.2, 0.25) is 0 Å². The molecule has 1 aliphatic heterocycles. The van der Waals surface area contributed by atoms with Gasteiger partial charge in [-0.15, -0.1) is 11.3 Å². The van der Waals surface area contributed by atoms with Crippen molar-refractivity contribution in [3.05, 3.63) is 35.0 Å². The Labute approximate surface area is 163 Å². The first-order chi connectivity index (χ1) is 13.2. The van der Waals surface area contributed by atoms with E-state index in [-0.39, 0.29) is 11.9 Å². The maximum atomic E-state index is 12.1. The third-order valence-electron chi connectivity index (χ3n) is 4.54. The first-order valence-corrected chi connectivity index (χ1v) is 10.2. The van der Waals surface area contributed by atoms with Gasteiger partial charge in [-0.1, -0.05) is 19.4 Å². The van der Waals surface area contributed by atoms with Crippen LogP contribution >= 0.6 is 11.3 Å². The van der Waals surface area contributed by atoms with E-state index in [4.69, 9.17) is 10.2 Å². The number of anilines is 2. The molecule has 1 aliphatic rings. The van der Waals surface area contributed by atoms with Crippen LogP contribution in [-0.4, -0.2) is 40.4 Å². The van der Waals surface area contributed by atoms with Crippen LogP contribution in [-0.2, 0) is 0 Å². The summed E-state index contributed by atoms with van der Waals surface area (Å²) < 4.78 is 0. The van der Waals surface area contributed by atoms with Crippen LogP contribution in [0.4, 0.5) is 10.9 Å². The predicted octanol–water partition coefficient (Wildman–Crippen LogP) is 3.47. The van der Waals surface area contributed by atoms with Crippen molar-refractivity contribution in [3.63, 3.8) is 0 Å². The second kappa shape index (κ2) is 9.44. The molecule has 1 amide bonds. The number of hydrogen-bond donors (Lipinski definition) is 2. The highest BCUT2D eigenvalue weighted by molar-refractivity contribution is 7.14. The van der Waals surface area contributed by atoms with E-state index in [1.165, 1.54) is 11.3 Å². The summed E-state index contributed by atoms with van der Waals surface area (Å²) in [6.45, 7) is 4.11. The molecule has 8 heteroatoms. The molecule has 0 unspecified atom stereocenters. The van der Waals surface area contributed by atoms with E-state index in [1.807, 2.05) is 18.2 Å². The minimum Gasteiger partial charge on any atom is -0.351 e. The largest absolute Gasteiger partial charge is 0.351 e. The zero-order chi connectivity index (χ0) is 19.1. The molecule has 7 nitrogen and oxygen atoms in total. The van der Waals surface area contributed by atoms with Gasteiger partial charge in [0.15, 0.2) is 5.13 Å². The molecule has 3 rings (SSSR count). The van der Waals surface area contributed by atoms with E-state index in [0.717, 1.165) is 37.9 Å². The van der Waals surface area contributed by atoms with Gasteiger partial charge in [0.1, 0.15) is 11.5 Å². The van der Waals surface area contributed by atoms with Gasteiger partial charge in [0.25, 0.3) is 5.91 Å². The molecule has 3 heterocycles. The van der Waals surface area contributed by atoms with Gasteiger partial charge in [-0.25, -0.2) is 9.97 Å². The highest BCUT2D eigenvalue weighted by Gasteiger charge is 2.26. The number of carbonyl (C=O) groups excluding carboxylic acids is 1. The molecular weight excluding hydrogens is 360 g/mol. The van der Waals surface area contributed by atoms with Crippen LogP contribution in [0.15, 0.2) is 23.6 Å². The van der Waals surface area contributed by atoms with Gasteiger partial charge in [0, 0.05) is 11.9 Å². The summed E-state index contributed by atoms with van der Waals surface area (Å²) in [7, 11) is 0. The molecule has 1 fully saturated rings. The first kappa shape index (κ1) is 19.3. The maximum Gasteiger partial charge on any atom is 0.270 e. The second-order valence-electron chi connectivity index (χ2n) is 6.51. The van der Waals surface area contributed by atoms with Crippen LogP contribution in [0.2, 0.25) is 0 Å². The van der Waals surface area contributed by atoms with Gasteiger partial charge >= 0.3 is 0 Å². The Morgan fingerprint density at radius 3 is 3.15 bits per heavy atom. The molecule has 1 atom stereocenters. The van der Waals surface area contributed by atoms with Gasteiger partial charge in [0.05, 0.1) is 24.3 Å². The fourth-order valence-electron chi connectivity index (χ4n) is 3.16. The lowest BCUT2D eigenvalue weighted by molar-refractivity contribution is 0.0949. The van der Waals surface area contributed by atoms with Crippen molar-refractivity contribution in [2.75, 3.05) is 25.0 Å². The first-order valence-electron chi connectivity index (χ1n) is 9.30. The Hall–Kier alpha value is -2.50. The van der Waals surface area contributed by atoms with Crippen LogP contribution in [0.5, 0.6) is 0 Å². The average molecular weight is 385 g/mol. The van der Waals surface area contributed by atoms with Crippen molar-refractivity contribution in [3.8, 4) is 6.07 Å². The van der Waals surface area contributed by atoms with Crippen molar-refractivity contribution in [2.45, 2.75) is 38.6 Å². The van der Waals surface area contributed by atoms with E-state index >= 15 is 0 Å². The number of thiazole rings is 1. The number of aromatic nitrogens is 2. The summed E-state index contributed by atoms with van der Waals surface area (Å²) in [6.07, 6.45) is 4.09. The van der Waals surface area contributed by atoms with E-state index in [0.29, 0.717) is 29.7 Å². The topological polar surface area (TPSA) is 93.9 Å². The smallest absolute Gasteiger partial charge is 0.270 e. The van der Waals surface area contributed by atoms with Crippen molar-refractivity contribution in [1.29, 1.82) is 5.26 Å². The molecule has 0 aromatic carbocycles. The molecule has 0 aliphatic carbocycles. The number of likely N-dealkylation sites (tertiary alicyclic amines) is 1. The third kappa shape index (κ3) is 5.02. The number of pyridine rings is 1. The lowest BCUT2D eigenvalue weighted by Crippen LogP contribution is -2.24. The van der Waals surface area contributed by atoms with Crippen molar-refractivity contribution < 1.29 is 4.79 Å². The number of hydrogen-bond acceptors (Lipinski definition) is 7. The fourth-order valence-corrected chi connectivity index (χ4v) is 3.86. The van der Waals surface area contributed by atoms with E-state index in [9.17, 15) is 4.79 Å². The molecule has 0 bridgehead atoms. The summed E-state index contributed by atoms with van der Waals surface area (Å²) in [4.78, 5) is 23.3. The molecule has 0 saturated carbocycles. The van der Waals surface area contributed by atoms with E-state index < -0.39 is 0 Å². The summed E-state index contributed by atoms with van der Waals surface area (Å²) in [5.74, 6) is 0.552. The van der Waals surface area contributed by atoms with Crippen molar-refractivity contribution in [1.82, 2.24) is 20.2 Å². The molecular formula is C19H24N6OS. The Bertz CT molecular complexity index is 815. The van der Waals surface area contributed by atoms with Gasteiger partial charge in [-0.2, -0.15) is 5.26 Å². The van der Waals surface area contributed by atoms with Gasteiger partial charge < -0.3 is 10.6 Å². The number of nitriles is 1. The number of rotatable bonds is 8. The number of unbranched alkanes of at least 4 members (excludes halogenated alkanes) is 1. The monoisotopic (exact) mass is 384 g/mol. The summed E-state index contributed by atoms with van der Waals surface area (Å²) in [5, 5.41) is 17.4. The van der Waals surface area contributed by atoms with E-state index in [1.54, 1.807) is 5.38 Å². The van der Waals surface area contributed by atoms with Crippen LogP contribution in [0.25, 0.3) is 0 Å². The molecule has 2 N–H and O–H groups in total. The van der Waals surface area contributed by atoms with Crippen LogP contribution < -0.4 is 10.6 Å². The maximum absolute atomic E-state index is 12.1. The molecule has 0 radical (unpaired) electrons.